The molecule has 2 rings (SSSR count). The van der Waals surface area contributed by atoms with Crippen LogP contribution in [0.3, 0.4) is 0 Å². The lowest BCUT2D eigenvalue weighted by Crippen LogP contribution is -2.39. The summed E-state index contributed by atoms with van der Waals surface area (Å²) in [5.74, 6) is -2.92. The first-order chi connectivity index (χ1) is 12.7. The Morgan fingerprint density at radius 1 is 1.15 bits per heavy atom. The van der Waals surface area contributed by atoms with Gasteiger partial charge in [0.1, 0.15) is 21.8 Å². The highest BCUT2D eigenvalue weighted by molar-refractivity contribution is 7.93. The van der Waals surface area contributed by atoms with Gasteiger partial charge in [0.05, 0.1) is 0 Å². The minimum atomic E-state index is -4.06. The fraction of sp³-hybridized carbons (Fsp3) is 0.375. The van der Waals surface area contributed by atoms with Crippen molar-refractivity contribution in [3.05, 3.63) is 35.1 Å². The third-order valence-electron chi connectivity index (χ3n) is 3.56. The molecule has 1 heterocycles. The number of nitrogens with zero attached hydrogens (tertiary/aromatic N) is 2. The number of amides is 2. The molecule has 0 radical (unpaired) electrons. The van der Waals surface area contributed by atoms with Crippen molar-refractivity contribution in [3.8, 4) is 0 Å². The minimum Gasteiger partial charge on any atom is -0.325 e. The van der Waals surface area contributed by atoms with Crippen LogP contribution >= 0.6 is 11.3 Å². The molecule has 1 unspecified atom stereocenters. The van der Waals surface area contributed by atoms with Gasteiger partial charge in [0, 0.05) is 5.69 Å². The van der Waals surface area contributed by atoms with Crippen molar-refractivity contribution in [1.82, 2.24) is 10.2 Å². The standard InChI is InChI=1S/C16H19FN4O4S2/c1-3-12(15(23)19-16-21-20-14(4-2)26-16)27(24,25)9-13(22)18-11-7-5-10(17)6-8-11/h5-8,12H,3-4,9H2,1-2H3,(H,18,22)(H,19,21,23). The summed E-state index contributed by atoms with van der Waals surface area (Å²) in [5.41, 5.74) is 0.259. The number of carbonyl (C=O) groups excluding carboxylic acids is 2. The summed E-state index contributed by atoms with van der Waals surface area (Å²) >= 11 is 1.16. The number of aryl methyl sites for hydroxylation is 1. The van der Waals surface area contributed by atoms with Crippen LogP contribution in [0.5, 0.6) is 0 Å². The average Bonchev–Trinajstić information content (AvgIpc) is 3.04. The summed E-state index contributed by atoms with van der Waals surface area (Å²) < 4.78 is 37.9. The first kappa shape index (κ1) is 20.9. The fourth-order valence-electron chi connectivity index (χ4n) is 2.25. The van der Waals surface area contributed by atoms with Gasteiger partial charge in [0.2, 0.25) is 16.9 Å². The molecule has 0 bridgehead atoms. The number of hydrogen-bond acceptors (Lipinski definition) is 7. The van der Waals surface area contributed by atoms with Crippen LogP contribution in [-0.2, 0) is 25.8 Å². The van der Waals surface area contributed by atoms with E-state index in [4.69, 9.17) is 0 Å². The molecule has 2 N–H and O–H groups in total. The molecule has 0 saturated heterocycles. The van der Waals surface area contributed by atoms with Gasteiger partial charge in [-0.05, 0) is 37.1 Å². The maximum Gasteiger partial charge on any atom is 0.244 e. The molecule has 146 valence electrons. The van der Waals surface area contributed by atoms with Gasteiger partial charge in [-0.2, -0.15) is 0 Å². The van der Waals surface area contributed by atoms with Crippen LogP contribution in [0.25, 0.3) is 0 Å². The van der Waals surface area contributed by atoms with E-state index in [1.165, 1.54) is 19.1 Å². The Kier molecular flexibility index (Phi) is 6.97. The lowest BCUT2D eigenvalue weighted by atomic mass is 10.3. The van der Waals surface area contributed by atoms with Gasteiger partial charge in [-0.1, -0.05) is 25.2 Å². The predicted octanol–water partition coefficient (Wildman–Crippen LogP) is 2.01. The van der Waals surface area contributed by atoms with Gasteiger partial charge in [-0.25, -0.2) is 12.8 Å². The van der Waals surface area contributed by atoms with E-state index in [9.17, 15) is 22.4 Å². The zero-order chi connectivity index (χ0) is 20.0. The number of anilines is 2. The number of nitrogens with one attached hydrogen (secondary N) is 2. The molecule has 27 heavy (non-hydrogen) atoms. The van der Waals surface area contributed by atoms with Crippen molar-refractivity contribution in [2.24, 2.45) is 0 Å². The Morgan fingerprint density at radius 2 is 1.81 bits per heavy atom. The summed E-state index contributed by atoms with van der Waals surface area (Å²) in [5, 5.41) is 12.0. The third-order valence-corrected chi connectivity index (χ3v) is 6.62. The molecule has 2 amide bonds. The van der Waals surface area contributed by atoms with E-state index in [1.807, 2.05) is 6.92 Å². The van der Waals surface area contributed by atoms with Crippen molar-refractivity contribution in [1.29, 1.82) is 0 Å². The Morgan fingerprint density at radius 3 is 2.37 bits per heavy atom. The Labute approximate surface area is 160 Å². The van der Waals surface area contributed by atoms with Crippen molar-refractivity contribution < 1.29 is 22.4 Å². The Balaban J connectivity index is 2.03. The van der Waals surface area contributed by atoms with Crippen LogP contribution in [0, 0.1) is 5.82 Å². The van der Waals surface area contributed by atoms with Crippen molar-refractivity contribution in [2.45, 2.75) is 31.9 Å². The summed E-state index contributed by atoms with van der Waals surface area (Å²) in [6.07, 6.45) is 0.643. The number of sulfone groups is 1. The smallest absolute Gasteiger partial charge is 0.244 e. The van der Waals surface area contributed by atoms with Crippen LogP contribution in [0.15, 0.2) is 24.3 Å². The van der Waals surface area contributed by atoms with Crippen LogP contribution in [0.4, 0.5) is 15.2 Å². The topological polar surface area (TPSA) is 118 Å². The van der Waals surface area contributed by atoms with E-state index in [0.29, 0.717) is 11.4 Å². The van der Waals surface area contributed by atoms with Gasteiger partial charge >= 0.3 is 0 Å². The van der Waals surface area contributed by atoms with E-state index < -0.39 is 38.5 Å². The van der Waals surface area contributed by atoms with Crippen molar-refractivity contribution >= 4 is 43.8 Å². The summed E-state index contributed by atoms with van der Waals surface area (Å²) in [7, 11) is -4.06. The second-order valence-corrected chi connectivity index (χ2v) is 8.85. The number of halogens is 1. The average molecular weight is 414 g/mol. The number of aromatic nitrogens is 2. The van der Waals surface area contributed by atoms with Gasteiger partial charge in [0.25, 0.3) is 0 Å². The summed E-state index contributed by atoms with van der Waals surface area (Å²) in [6.45, 7) is 3.42. The maximum absolute atomic E-state index is 12.9. The minimum absolute atomic E-state index is 0.00255. The van der Waals surface area contributed by atoms with Crippen molar-refractivity contribution in [3.63, 3.8) is 0 Å². The monoisotopic (exact) mass is 414 g/mol. The number of rotatable bonds is 8. The first-order valence-electron chi connectivity index (χ1n) is 8.15. The molecule has 1 aromatic heterocycles. The predicted molar refractivity (Wildman–Crippen MR) is 101 cm³/mol. The first-order valence-corrected chi connectivity index (χ1v) is 10.7. The molecule has 0 fully saturated rings. The SMILES string of the molecule is CCc1nnc(NC(=O)C(CC)S(=O)(=O)CC(=O)Nc2ccc(F)cc2)s1. The number of carbonyl (C=O) groups is 2. The third kappa shape index (κ3) is 5.79. The zero-order valence-electron chi connectivity index (χ0n) is 14.7. The number of hydrogen-bond donors (Lipinski definition) is 2. The maximum atomic E-state index is 12.9. The fourth-order valence-corrected chi connectivity index (χ4v) is 4.46. The molecule has 0 aliphatic rings. The van der Waals surface area contributed by atoms with Crippen LogP contribution in [0.2, 0.25) is 0 Å². The summed E-state index contributed by atoms with van der Waals surface area (Å²) in [4.78, 5) is 24.4. The lowest BCUT2D eigenvalue weighted by molar-refractivity contribution is -0.115. The molecule has 0 aliphatic heterocycles. The van der Waals surface area contributed by atoms with E-state index in [1.54, 1.807) is 0 Å². The van der Waals surface area contributed by atoms with Gasteiger partial charge in [0.15, 0.2) is 9.84 Å². The van der Waals surface area contributed by atoms with E-state index in [0.717, 1.165) is 23.5 Å². The van der Waals surface area contributed by atoms with Crippen LogP contribution < -0.4 is 10.6 Å². The molecular formula is C16H19FN4O4S2. The molecule has 1 atom stereocenters. The highest BCUT2D eigenvalue weighted by Crippen LogP contribution is 2.18. The second kappa shape index (κ2) is 9.00. The van der Waals surface area contributed by atoms with E-state index in [-0.39, 0.29) is 17.2 Å². The Hall–Kier alpha value is -2.40. The molecule has 2 aromatic rings. The van der Waals surface area contributed by atoms with Gasteiger partial charge in [-0.15, -0.1) is 10.2 Å². The molecule has 0 saturated carbocycles. The largest absolute Gasteiger partial charge is 0.325 e. The van der Waals surface area contributed by atoms with Crippen molar-refractivity contribution in [2.75, 3.05) is 16.4 Å². The summed E-state index contributed by atoms with van der Waals surface area (Å²) in [6, 6.07) is 4.90. The Bertz CT molecular complexity index is 913. The van der Waals surface area contributed by atoms with Gasteiger partial charge < -0.3 is 5.32 Å². The highest BCUT2D eigenvalue weighted by Gasteiger charge is 2.33. The lowest BCUT2D eigenvalue weighted by Gasteiger charge is -2.14. The van der Waals surface area contributed by atoms with Gasteiger partial charge in [-0.3, -0.25) is 14.9 Å². The molecular weight excluding hydrogens is 395 g/mol. The molecule has 1 aromatic carbocycles. The quantitative estimate of drug-likeness (QED) is 0.682. The normalized spacial score (nSPS) is 12.4. The second-order valence-electron chi connectivity index (χ2n) is 5.60. The highest BCUT2D eigenvalue weighted by atomic mass is 32.2. The molecule has 11 heteroatoms. The molecule has 0 spiro atoms. The molecule has 8 nitrogen and oxygen atoms in total. The molecule has 0 aliphatic carbocycles. The van der Waals surface area contributed by atoms with E-state index >= 15 is 0 Å². The zero-order valence-corrected chi connectivity index (χ0v) is 16.4. The number of benzene rings is 1. The van der Waals surface area contributed by atoms with Crippen LogP contribution in [-0.4, -0.2) is 41.4 Å². The van der Waals surface area contributed by atoms with Crippen LogP contribution in [0.1, 0.15) is 25.3 Å². The van der Waals surface area contributed by atoms with E-state index in [2.05, 4.69) is 20.8 Å².